The van der Waals surface area contributed by atoms with Gasteiger partial charge in [0.1, 0.15) is 23.4 Å². The van der Waals surface area contributed by atoms with Gasteiger partial charge in [-0.2, -0.15) is 0 Å². The molecule has 8 nitrogen and oxygen atoms in total. The van der Waals surface area contributed by atoms with Crippen molar-refractivity contribution in [2.75, 3.05) is 0 Å². The molecule has 3 atom stereocenters. The molecule has 0 aliphatic rings. The molecule has 0 bridgehead atoms. The van der Waals surface area contributed by atoms with Crippen LogP contribution < -0.4 is 10.6 Å². The Morgan fingerprint density at radius 2 is 1.55 bits per heavy atom. The number of hydrogen-bond acceptors (Lipinski definition) is 5. The lowest BCUT2D eigenvalue weighted by atomic mass is 9.94. The Hall–Kier alpha value is -2.77. The molecule has 1 rings (SSSR count). The number of nitrogens with zero attached hydrogens (tertiary/aromatic N) is 1. The summed E-state index contributed by atoms with van der Waals surface area (Å²) in [4.78, 5) is 41.2. The number of ether oxygens (including phenoxy) is 1. The molecule has 3 amide bonds. The Kier molecular flexibility index (Phi) is 10.2. The summed E-state index contributed by atoms with van der Waals surface area (Å²) in [5.41, 5.74) is -0.149. The molecule has 33 heavy (non-hydrogen) atoms. The SMILES string of the molecule is CCC(C)C(NC(=O)OC(C)(C)C)C(=O)N(C(C)C)C(C(=O)NC(C)C)c1ccc(O)cc1. The maximum absolute atomic E-state index is 13.9. The van der Waals surface area contributed by atoms with E-state index < -0.39 is 23.8 Å². The van der Waals surface area contributed by atoms with Gasteiger partial charge in [-0.25, -0.2) is 4.79 Å². The Morgan fingerprint density at radius 1 is 1.00 bits per heavy atom. The van der Waals surface area contributed by atoms with Crippen molar-refractivity contribution in [1.29, 1.82) is 0 Å². The summed E-state index contributed by atoms with van der Waals surface area (Å²) < 4.78 is 5.38. The van der Waals surface area contributed by atoms with Crippen LogP contribution >= 0.6 is 0 Å². The molecule has 0 fully saturated rings. The predicted molar refractivity (Wildman–Crippen MR) is 129 cm³/mol. The number of aromatic hydroxyl groups is 1. The summed E-state index contributed by atoms with van der Waals surface area (Å²) in [6.45, 7) is 16.4. The number of rotatable bonds is 9. The third kappa shape index (κ3) is 8.59. The minimum absolute atomic E-state index is 0.0632. The number of alkyl carbamates (subject to hydrolysis) is 1. The van der Waals surface area contributed by atoms with Crippen LogP contribution in [-0.4, -0.2) is 51.6 Å². The van der Waals surface area contributed by atoms with Crippen LogP contribution in [0, 0.1) is 5.92 Å². The van der Waals surface area contributed by atoms with Gasteiger partial charge in [0, 0.05) is 12.1 Å². The van der Waals surface area contributed by atoms with E-state index in [1.165, 1.54) is 17.0 Å². The van der Waals surface area contributed by atoms with Crippen molar-refractivity contribution in [2.45, 2.75) is 98.5 Å². The van der Waals surface area contributed by atoms with Crippen LogP contribution in [-0.2, 0) is 14.3 Å². The molecule has 0 heterocycles. The van der Waals surface area contributed by atoms with Crippen LogP contribution in [0.3, 0.4) is 0 Å². The zero-order valence-corrected chi connectivity index (χ0v) is 21.4. The second-order valence-electron chi connectivity index (χ2n) is 10.0. The average Bonchev–Trinajstić information content (AvgIpc) is 2.67. The number of amides is 3. The summed E-state index contributed by atoms with van der Waals surface area (Å²) in [5, 5.41) is 15.3. The molecule has 0 saturated carbocycles. The molecule has 8 heteroatoms. The molecule has 0 spiro atoms. The number of phenolic OH excluding ortho intramolecular Hbond substituents is 1. The van der Waals surface area contributed by atoms with Crippen molar-refractivity contribution in [2.24, 2.45) is 5.92 Å². The molecular formula is C25H41N3O5. The molecule has 1 aromatic carbocycles. The quantitative estimate of drug-likeness (QED) is 0.510. The van der Waals surface area contributed by atoms with E-state index >= 15 is 0 Å². The highest BCUT2D eigenvalue weighted by Crippen LogP contribution is 2.28. The Morgan fingerprint density at radius 3 is 1.97 bits per heavy atom. The molecule has 0 aliphatic carbocycles. The molecule has 0 aromatic heterocycles. The summed E-state index contributed by atoms with van der Waals surface area (Å²) in [7, 11) is 0. The molecule has 0 saturated heterocycles. The fourth-order valence-electron chi connectivity index (χ4n) is 3.42. The summed E-state index contributed by atoms with van der Waals surface area (Å²) in [5.74, 6) is -0.840. The van der Waals surface area contributed by atoms with Crippen molar-refractivity contribution in [3.63, 3.8) is 0 Å². The fraction of sp³-hybridized carbons (Fsp3) is 0.640. The largest absolute Gasteiger partial charge is 0.508 e. The zero-order chi connectivity index (χ0) is 25.5. The summed E-state index contributed by atoms with van der Waals surface area (Å²) in [6, 6.07) is 3.93. The summed E-state index contributed by atoms with van der Waals surface area (Å²) >= 11 is 0. The van der Waals surface area contributed by atoms with Crippen LogP contribution in [0.15, 0.2) is 24.3 Å². The first-order valence-electron chi connectivity index (χ1n) is 11.6. The molecule has 0 radical (unpaired) electrons. The number of phenols is 1. The third-order valence-corrected chi connectivity index (χ3v) is 5.13. The van der Waals surface area contributed by atoms with Crippen molar-refractivity contribution < 1.29 is 24.2 Å². The van der Waals surface area contributed by atoms with Gasteiger partial charge in [0.25, 0.3) is 0 Å². The summed E-state index contributed by atoms with van der Waals surface area (Å²) in [6.07, 6.45) is -0.0436. The fourth-order valence-corrected chi connectivity index (χ4v) is 3.42. The normalized spacial score (nSPS) is 14.4. The van der Waals surface area contributed by atoms with Crippen LogP contribution in [0.25, 0.3) is 0 Å². The van der Waals surface area contributed by atoms with Crippen LogP contribution in [0.4, 0.5) is 4.79 Å². The highest BCUT2D eigenvalue weighted by atomic mass is 16.6. The number of benzene rings is 1. The number of carbonyl (C=O) groups excluding carboxylic acids is 3. The van der Waals surface area contributed by atoms with Crippen LogP contribution in [0.2, 0.25) is 0 Å². The molecule has 1 aromatic rings. The Balaban J connectivity index is 3.45. The van der Waals surface area contributed by atoms with E-state index in [1.54, 1.807) is 32.9 Å². The van der Waals surface area contributed by atoms with E-state index in [-0.39, 0.29) is 35.6 Å². The van der Waals surface area contributed by atoms with Crippen LogP contribution in [0.1, 0.15) is 80.3 Å². The number of hydrogen-bond donors (Lipinski definition) is 3. The van der Waals surface area contributed by atoms with E-state index in [0.29, 0.717) is 12.0 Å². The predicted octanol–water partition coefficient (Wildman–Crippen LogP) is 4.13. The molecular weight excluding hydrogens is 422 g/mol. The van der Waals surface area contributed by atoms with Gasteiger partial charge in [0.15, 0.2) is 0 Å². The van der Waals surface area contributed by atoms with Crippen molar-refractivity contribution >= 4 is 17.9 Å². The highest BCUT2D eigenvalue weighted by molar-refractivity contribution is 5.92. The standard InChI is InChI=1S/C25H41N3O5/c1-10-17(6)20(27-24(32)33-25(7,8)9)23(31)28(16(4)5)21(22(30)26-15(2)3)18-11-13-19(29)14-12-18/h11-17,20-21,29H,10H2,1-9H3,(H,26,30)(H,27,32). The molecule has 186 valence electrons. The topological polar surface area (TPSA) is 108 Å². The lowest BCUT2D eigenvalue weighted by Gasteiger charge is -2.38. The van der Waals surface area contributed by atoms with Gasteiger partial charge in [-0.1, -0.05) is 32.4 Å². The number of carbonyl (C=O) groups is 3. The third-order valence-electron chi connectivity index (χ3n) is 5.13. The van der Waals surface area contributed by atoms with E-state index in [4.69, 9.17) is 4.74 Å². The zero-order valence-electron chi connectivity index (χ0n) is 21.4. The first-order valence-corrected chi connectivity index (χ1v) is 11.6. The van der Waals surface area contributed by atoms with Gasteiger partial charge in [-0.15, -0.1) is 0 Å². The first kappa shape index (κ1) is 28.3. The van der Waals surface area contributed by atoms with Gasteiger partial charge < -0.3 is 25.4 Å². The molecule has 0 aliphatic heterocycles. The van der Waals surface area contributed by atoms with Crippen molar-refractivity contribution in [3.8, 4) is 5.75 Å². The van der Waals surface area contributed by atoms with E-state index in [2.05, 4.69) is 10.6 Å². The van der Waals surface area contributed by atoms with Gasteiger partial charge in [-0.3, -0.25) is 9.59 Å². The lowest BCUT2D eigenvalue weighted by Crippen LogP contribution is -2.57. The maximum atomic E-state index is 13.9. The van der Waals surface area contributed by atoms with E-state index in [0.717, 1.165) is 0 Å². The van der Waals surface area contributed by atoms with Gasteiger partial charge in [-0.05, 0) is 72.1 Å². The maximum Gasteiger partial charge on any atom is 0.408 e. The van der Waals surface area contributed by atoms with Crippen molar-refractivity contribution in [3.05, 3.63) is 29.8 Å². The molecule has 3 unspecified atom stereocenters. The minimum atomic E-state index is -0.938. The Labute approximate surface area is 198 Å². The van der Waals surface area contributed by atoms with E-state index in [1.807, 2.05) is 41.5 Å². The molecule has 3 N–H and O–H groups in total. The number of nitrogens with one attached hydrogen (secondary N) is 2. The van der Waals surface area contributed by atoms with Crippen molar-refractivity contribution in [1.82, 2.24) is 15.5 Å². The first-order chi connectivity index (χ1) is 15.2. The monoisotopic (exact) mass is 463 g/mol. The van der Waals surface area contributed by atoms with E-state index in [9.17, 15) is 19.5 Å². The van der Waals surface area contributed by atoms with Gasteiger partial charge in [0.2, 0.25) is 11.8 Å². The van der Waals surface area contributed by atoms with Gasteiger partial charge >= 0.3 is 6.09 Å². The second-order valence-corrected chi connectivity index (χ2v) is 10.0. The smallest absolute Gasteiger partial charge is 0.408 e. The minimum Gasteiger partial charge on any atom is -0.508 e. The van der Waals surface area contributed by atoms with Gasteiger partial charge in [0.05, 0.1) is 0 Å². The highest BCUT2D eigenvalue weighted by Gasteiger charge is 2.39. The lowest BCUT2D eigenvalue weighted by molar-refractivity contribution is -0.145. The Bertz CT molecular complexity index is 799. The second kappa shape index (κ2) is 11.9. The average molecular weight is 464 g/mol. The van der Waals surface area contributed by atoms with Crippen LogP contribution in [0.5, 0.6) is 5.75 Å².